The van der Waals surface area contributed by atoms with Crippen LogP contribution in [-0.4, -0.2) is 52.7 Å². The van der Waals surface area contributed by atoms with E-state index in [4.69, 9.17) is 9.47 Å². The summed E-state index contributed by atoms with van der Waals surface area (Å²) in [6.07, 6.45) is -4.09. The highest BCUT2D eigenvalue weighted by Crippen LogP contribution is 2.31. The summed E-state index contributed by atoms with van der Waals surface area (Å²) in [4.78, 5) is 23.9. The number of aromatic nitrogens is 2. The molecule has 0 bridgehead atoms. The van der Waals surface area contributed by atoms with Gasteiger partial charge in [0.15, 0.2) is 5.69 Å². The molecule has 0 spiro atoms. The van der Waals surface area contributed by atoms with Crippen molar-refractivity contribution in [3.63, 3.8) is 0 Å². The van der Waals surface area contributed by atoms with Gasteiger partial charge >= 0.3 is 18.2 Å². The first-order valence-electron chi connectivity index (χ1n) is 10.5. The molecule has 1 unspecified atom stereocenters. The Bertz CT molecular complexity index is 1170. The second kappa shape index (κ2) is 11.4. The number of nitrogens with zero attached hydrogens (tertiary/aromatic N) is 2. The van der Waals surface area contributed by atoms with Crippen LogP contribution in [0.5, 0.6) is 5.75 Å². The number of halogens is 3. The lowest BCUT2D eigenvalue weighted by molar-refractivity contribution is -0.137. The summed E-state index contributed by atoms with van der Waals surface area (Å²) in [5.74, 6) is -0.597. The number of hydrogen-bond donors (Lipinski definition) is 3. The zero-order chi connectivity index (χ0) is 25.4. The zero-order valence-electron chi connectivity index (χ0n) is 18.6. The van der Waals surface area contributed by atoms with Crippen LogP contribution in [-0.2, 0) is 10.9 Å². The second-order valence-corrected chi connectivity index (χ2v) is 7.24. The fourth-order valence-electron chi connectivity index (χ4n) is 2.91. The molecule has 9 nitrogen and oxygen atoms in total. The van der Waals surface area contributed by atoms with E-state index < -0.39 is 29.8 Å². The Morgan fingerprint density at radius 3 is 2.66 bits per heavy atom. The molecule has 0 aliphatic heterocycles. The average Bonchev–Trinajstić information content (AvgIpc) is 3.32. The highest BCUT2D eigenvalue weighted by atomic mass is 19.4. The van der Waals surface area contributed by atoms with Crippen molar-refractivity contribution in [1.29, 1.82) is 0 Å². The van der Waals surface area contributed by atoms with E-state index in [0.717, 1.165) is 12.1 Å². The van der Waals surface area contributed by atoms with Gasteiger partial charge < -0.3 is 25.2 Å². The lowest BCUT2D eigenvalue weighted by Gasteiger charge is -2.15. The molecule has 2 amide bonds. The number of anilines is 1. The van der Waals surface area contributed by atoms with Crippen molar-refractivity contribution in [2.24, 2.45) is 0 Å². The number of amides is 2. The number of esters is 1. The summed E-state index contributed by atoms with van der Waals surface area (Å²) in [5, 5.41) is 19.2. The van der Waals surface area contributed by atoms with Crippen molar-refractivity contribution in [2.75, 3.05) is 25.1 Å². The minimum absolute atomic E-state index is 0.0510. The van der Waals surface area contributed by atoms with Gasteiger partial charge in [-0.3, -0.25) is 0 Å². The first-order valence-corrected chi connectivity index (χ1v) is 10.5. The largest absolute Gasteiger partial charge is 0.491 e. The number of rotatable bonds is 9. The Labute approximate surface area is 198 Å². The predicted octanol–water partition coefficient (Wildman–Crippen LogP) is 3.63. The fraction of sp³-hybridized carbons (Fsp3) is 0.261. The SMILES string of the molecule is CCOC(=O)c1ccn(-c2cccc(NC(=O)NCC(O)COc3cccc(C(F)(F)F)c3)c2)n1. The van der Waals surface area contributed by atoms with Crippen LogP contribution in [0.4, 0.5) is 23.7 Å². The minimum Gasteiger partial charge on any atom is -0.491 e. The van der Waals surface area contributed by atoms with Crippen LogP contribution in [0.2, 0.25) is 0 Å². The van der Waals surface area contributed by atoms with Crippen molar-refractivity contribution in [3.8, 4) is 11.4 Å². The molecule has 0 fully saturated rings. The molecule has 0 aliphatic rings. The van der Waals surface area contributed by atoms with Crippen molar-refractivity contribution < 1.29 is 37.3 Å². The number of alkyl halides is 3. The first kappa shape index (κ1) is 25.6. The summed E-state index contributed by atoms with van der Waals surface area (Å²) in [5.41, 5.74) is 0.275. The molecular formula is C23H23F3N4O5. The third-order valence-corrected chi connectivity index (χ3v) is 4.54. The molecule has 3 aromatic rings. The highest BCUT2D eigenvalue weighted by molar-refractivity contribution is 5.89. The van der Waals surface area contributed by atoms with Crippen molar-refractivity contribution in [2.45, 2.75) is 19.2 Å². The third kappa shape index (κ3) is 7.47. The molecule has 3 rings (SSSR count). The smallest absolute Gasteiger partial charge is 0.416 e. The molecule has 2 aromatic carbocycles. The van der Waals surface area contributed by atoms with E-state index in [9.17, 15) is 27.9 Å². The Morgan fingerprint density at radius 2 is 1.91 bits per heavy atom. The number of nitrogens with one attached hydrogen (secondary N) is 2. The normalized spacial score (nSPS) is 12.0. The molecule has 1 heterocycles. The second-order valence-electron chi connectivity index (χ2n) is 7.24. The number of carbonyl (C=O) groups excluding carboxylic acids is 2. The Kier molecular flexibility index (Phi) is 8.31. The van der Waals surface area contributed by atoms with Gasteiger partial charge in [0, 0.05) is 18.4 Å². The van der Waals surface area contributed by atoms with E-state index in [1.165, 1.54) is 22.9 Å². The summed E-state index contributed by atoms with van der Waals surface area (Å²) >= 11 is 0. The number of aliphatic hydroxyl groups is 1. The molecule has 186 valence electrons. The van der Waals surface area contributed by atoms with Crippen LogP contribution in [0.15, 0.2) is 60.8 Å². The molecule has 12 heteroatoms. The number of aliphatic hydroxyl groups excluding tert-OH is 1. The number of urea groups is 1. The van der Waals surface area contributed by atoms with Gasteiger partial charge in [0.2, 0.25) is 0 Å². The van der Waals surface area contributed by atoms with Crippen LogP contribution >= 0.6 is 0 Å². The first-order chi connectivity index (χ1) is 16.7. The maximum Gasteiger partial charge on any atom is 0.416 e. The standard InChI is InChI=1S/C23H23F3N4O5/c1-2-34-21(32)20-9-10-30(29-20)17-7-4-6-16(12-17)28-22(33)27-13-18(31)14-35-19-8-3-5-15(11-19)23(24,25)26/h3-12,18,31H,2,13-14H2,1H3,(H2,27,28,33). The lowest BCUT2D eigenvalue weighted by atomic mass is 10.2. The summed E-state index contributed by atoms with van der Waals surface area (Å²) < 4.78 is 49.8. The molecular weight excluding hydrogens is 469 g/mol. The molecule has 0 aliphatic carbocycles. The predicted molar refractivity (Wildman–Crippen MR) is 119 cm³/mol. The number of benzene rings is 2. The van der Waals surface area contributed by atoms with Crippen molar-refractivity contribution >= 4 is 17.7 Å². The van der Waals surface area contributed by atoms with Crippen LogP contribution in [0, 0.1) is 0 Å². The molecule has 0 saturated heterocycles. The molecule has 3 N–H and O–H groups in total. The Hall–Kier alpha value is -4.06. The summed E-state index contributed by atoms with van der Waals surface area (Å²) in [6.45, 7) is 1.40. The van der Waals surface area contributed by atoms with Gasteiger partial charge in [0.25, 0.3) is 0 Å². The quantitative estimate of drug-likeness (QED) is 0.393. The van der Waals surface area contributed by atoms with Crippen molar-refractivity contribution in [1.82, 2.24) is 15.1 Å². The van der Waals surface area contributed by atoms with Gasteiger partial charge in [0.1, 0.15) is 18.5 Å². The molecule has 1 atom stereocenters. The maximum absolute atomic E-state index is 12.8. The van der Waals surface area contributed by atoms with Crippen LogP contribution in [0.25, 0.3) is 5.69 Å². The van der Waals surface area contributed by atoms with E-state index in [-0.39, 0.29) is 31.2 Å². The Balaban J connectivity index is 1.49. The summed E-state index contributed by atoms with van der Waals surface area (Å²) in [6, 6.07) is 11.8. The molecule has 0 radical (unpaired) electrons. The van der Waals surface area contributed by atoms with Gasteiger partial charge in [0.05, 0.1) is 17.9 Å². The number of carbonyl (C=O) groups is 2. The molecule has 0 saturated carbocycles. The van der Waals surface area contributed by atoms with E-state index in [2.05, 4.69) is 15.7 Å². The van der Waals surface area contributed by atoms with E-state index in [1.54, 1.807) is 37.4 Å². The van der Waals surface area contributed by atoms with Crippen LogP contribution < -0.4 is 15.4 Å². The minimum atomic E-state index is -4.50. The van der Waals surface area contributed by atoms with Gasteiger partial charge in [-0.15, -0.1) is 0 Å². The van der Waals surface area contributed by atoms with Gasteiger partial charge in [-0.2, -0.15) is 18.3 Å². The lowest BCUT2D eigenvalue weighted by Crippen LogP contribution is -2.37. The summed E-state index contributed by atoms with van der Waals surface area (Å²) in [7, 11) is 0. The average molecular weight is 492 g/mol. The Morgan fingerprint density at radius 1 is 1.14 bits per heavy atom. The topological polar surface area (TPSA) is 115 Å². The molecule has 35 heavy (non-hydrogen) atoms. The van der Waals surface area contributed by atoms with E-state index >= 15 is 0 Å². The van der Waals surface area contributed by atoms with Crippen LogP contribution in [0.3, 0.4) is 0 Å². The maximum atomic E-state index is 12.8. The van der Waals surface area contributed by atoms with Gasteiger partial charge in [-0.05, 0) is 49.4 Å². The van der Waals surface area contributed by atoms with E-state index in [1.807, 2.05) is 0 Å². The molecule has 1 aromatic heterocycles. The van der Waals surface area contributed by atoms with Gasteiger partial charge in [-0.1, -0.05) is 12.1 Å². The monoisotopic (exact) mass is 492 g/mol. The number of ether oxygens (including phenoxy) is 2. The number of hydrogen-bond acceptors (Lipinski definition) is 6. The van der Waals surface area contributed by atoms with Crippen molar-refractivity contribution in [3.05, 3.63) is 72.1 Å². The zero-order valence-corrected chi connectivity index (χ0v) is 18.6. The van der Waals surface area contributed by atoms with Crippen LogP contribution in [0.1, 0.15) is 23.0 Å². The fourth-order valence-corrected chi connectivity index (χ4v) is 2.91. The third-order valence-electron chi connectivity index (χ3n) is 4.54. The van der Waals surface area contributed by atoms with E-state index in [0.29, 0.717) is 11.4 Å². The highest BCUT2D eigenvalue weighted by Gasteiger charge is 2.30. The van der Waals surface area contributed by atoms with Gasteiger partial charge in [-0.25, -0.2) is 14.3 Å².